The summed E-state index contributed by atoms with van der Waals surface area (Å²) in [6.45, 7) is 1.06. The number of amidine groups is 1. The van der Waals surface area contributed by atoms with Crippen LogP contribution in [0.4, 0.5) is 20.2 Å². The van der Waals surface area contributed by atoms with Crippen LogP contribution in [-0.2, 0) is 9.59 Å². The molecule has 1 aliphatic heterocycles. The largest absolute Gasteiger partial charge is 0.495 e. The first-order chi connectivity index (χ1) is 16.3. The molecule has 0 unspecified atom stereocenters. The van der Waals surface area contributed by atoms with E-state index in [1.807, 2.05) is 13.8 Å². The number of anilines is 1. The summed E-state index contributed by atoms with van der Waals surface area (Å²) in [6, 6.07) is 12.8. The van der Waals surface area contributed by atoms with Crippen molar-refractivity contribution in [1.29, 1.82) is 0 Å². The van der Waals surface area contributed by atoms with Gasteiger partial charge in [0.25, 0.3) is 0 Å². The molecule has 34 heavy (non-hydrogen) atoms. The molecule has 3 rings (SSSR count). The average Bonchev–Trinajstić information content (AvgIpc) is 3.09. The molecule has 0 bridgehead atoms. The number of methoxy groups -OCH3 is 1. The summed E-state index contributed by atoms with van der Waals surface area (Å²) >= 11 is 1.22. The van der Waals surface area contributed by atoms with Gasteiger partial charge in [-0.3, -0.25) is 14.5 Å². The molecule has 2 aromatic carbocycles. The van der Waals surface area contributed by atoms with E-state index in [0.717, 1.165) is 12.8 Å². The molecular weight excluding hydrogens is 464 g/mol. The molecule has 1 heterocycles. The Bertz CT molecular complexity index is 1030. The Balaban J connectivity index is 1.77. The molecule has 0 radical (unpaired) electrons. The SMILES string of the molecule is CCC[C@@H](C)N1C(=O)[C@@H](CC(=O)Nc2ccccc2OC)SC1=Nc1ccc(OC(F)F)cc1. The highest BCUT2D eigenvalue weighted by atomic mass is 32.2. The Morgan fingerprint density at radius 3 is 2.56 bits per heavy atom. The number of alkyl halides is 2. The van der Waals surface area contributed by atoms with Crippen LogP contribution < -0.4 is 14.8 Å². The molecular formula is C24H27F2N3O4S. The number of carbonyl (C=O) groups excluding carboxylic acids is 2. The highest BCUT2D eigenvalue weighted by Crippen LogP contribution is 2.35. The van der Waals surface area contributed by atoms with Crippen LogP contribution in [0, 0.1) is 0 Å². The second-order valence-corrected chi connectivity index (χ2v) is 8.84. The van der Waals surface area contributed by atoms with Crippen molar-refractivity contribution in [2.45, 2.75) is 51.0 Å². The average molecular weight is 492 g/mol. The quantitative estimate of drug-likeness (QED) is 0.478. The number of halogens is 2. The van der Waals surface area contributed by atoms with E-state index in [-0.39, 0.29) is 30.0 Å². The summed E-state index contributed by atoms with van der Waals surface area (Å²) in [5.41, 5.74) is 1.02. The minimum Gasteiger partial charge on any atom is -0.495 e. The van der Waals surface area contributed by atoms with Crippen molar-refractivity contribution < 1.29 is 27.8 Å². The number of aliphatic imine (C=N–C) groups is 1. The van der Waals surface area contributed by atoms with Gasteiger partial charge >= 0.3 is 6.61 Å². The molecule has 0 spiro atoms. The maximum atomic E-state index is 13.2. The van der Waals surface area contributed by atoms with Crippen molar-refractivity contribution in [3.8, 4) is 11.5 Å². The minimum atomic E-state index is -2.91. The molecule has 1 N–H and O–H groups in total. The van der Waals surface area contributed by atoms with Crippen LogP contribution in [0.15, 0.2) is 53.5 Å². The smallest absolute Gasteiger partial charge is 0.387 e. The number of nitrogens with one attached hydrogen (secondary N) is 1. The Hall–Kier alpha value is -3.14. The summed E-state index contributed by atoms with van der Waals surface area (Å²) in [5, 5.41) is 2.65. The Labute approximate surface area is 201 Å². The number of hydrogen-bond donors (Lipinski definition) is 1. The molecule has 1 aliphatic rings. The molecule has 0 aromatic heterocycles. The number of carbonyl (C=O) groups is 2. The highest BCUT2D eigenvalue weighted by Gasteiger charge is 2.41. The fourth-order valence-electron chi connectivity index (χ4n) is 3.58. The summed E-state index contributed by atoms with van der Waals surface area (Å²) in [7, 11) is 1.52. The Morgan fingerprint density at radius 2 is 1.91 bits per heavy atom. The van der Waals surface area contributed by atoms with Crippen molar-refractivity contribution in [2.24, 2.45) is 4.99 Å². The van der Waals surface area contributed by atoms with Gasteiger partial charge in [0.15, 0.2) is 5.17 Å². The van der Waals surface area contributed by atoms with Crippen molar-refractivity contribution in [3.63, 3.8) is 0 Å². The second kappa shape index (κ2) is 11.8. The summed E-state index contributed by atoms with van der Waals surface area (Å²) in [6.07, 6.45) is 1.62. The van der Waals surface area contributed by atoms with Gasteiger partial charge in [-0.2, -0.15) is 8.78 Å². The standard InChI is InChI=1S/C24H27F2N3O4S/c1-4-7-15(2)29-22(31)20(14-21(30)28-18-8-5-6-9-19(18)32-3)34-24(29)27-16-10-12-17(13-11-16)33-23(25)26/h5-6,8-13,15,20,23H,4,7,14H2,1-3H3,(H,28,30)/t15-,20-/m1/s1. The number of hydrogen-bond acceptors (Lipinski definition) is 6. The van der Waals surface area contributed by atoms with E-state index in [9.17, 15) is 18.4 Å². The lowest BCUT2D eigenvalue weighted by Gasteiger charge is -2.24. The van der Waals surface area contributed by atoms with Gasteiger partial charge in [-0.25, -0.2) is 4.99 Å². The highest BCUT2D eigenvalue weighted by molar-refractivity contribution is 8.15. The predicted octanol–water partition coefficient (Wildman–Crippen LogP) is 5.45. The monoisotopic (exact) mass is 491 g/mol. The molecule has 2 aromatic rings. The number of rotatable bonds is 10. The van der Waals surface area contributed by atoms with E-state index in [0.29, 0.717) is 22.3 Å². The number of amides is 2. The van der Waals surface area contributed by atoms with Crippen LogP contribution >= 0.6 is 11.8 Å². The summed E-state index contributed by atoms with van der Waals surface area (Å²) in [5.74, 6) is 0.0582. The molecule has 0 saturated carbocycles. The zero-order valence-electron chi connectivity index (χ0n) is 19.2. The molecule has 10 heteroatoms. The first-order valence-electron chi connectivity index (χ1n) is 10.9. The van der Waals surface area contributed by atoms with Crippen LogP contribution in [0.5, 0.6) is 11.5 Å². The normalized spacial score (nSPS) is 17.8. The first-order valence-corrected chi connectivity index (χ1v) is 11.8. The molecule has 0 aliphatic carbocycles. The number of thioether (sulfide) groups is 1. The number of ether oxygens (including phenoxy) is 2. The van der Waals surface area contributed by atoms with E-state index in [2.05, 4.69) is 15.0 Å². The van der Waals surface area contributed by atoms with Crippen LogP contribution in [-0.4, -0.2) is 46.9 Å². The zero-order valence-corrected chi connectivity index (χ0v) is 20.0. The predicted molar refractivity (Wildman–Crippen MR) is 129 cm³/mol. The van der Waals surface area contributed by atoms with Crippen LogP contribution in [0.25, 0.3) is 0 Å². The number of para-hydroxylation sites is 2. The van der Waals surface area contributed by atoms with Gasteiger partial charge in [-0.05, 0) is 49.7 Å². The maximum absolute atomic E-state index is 13.2. The Morgan fingerprint density at radius 1 is 1.21 bits per heavy atom. The fraction of sp³-hybridized carbons (Fsp3) is 0.375. The lowest BCUT2D eigenvalue weighted by Crippen LogP contribution is -2.40. The van der Waals surface area contributed by atoms with Crippen molar-refractivity contribution in [1.82, 2.24) is 4.90 Å². The second-order valence-electron chi connectivity index (χ2n) is 7.67. The molecule has 1 fully saturated rings. The van der Waals surface area contributed by atoms with Gasteiger partial charge in [0, 0.05) is 12.5 Å². The van der Waals surface area contributed by atoms with Gasteiger partial charge in [0.2, 0.25) is 11.8 Å². The van der Waals surface area contributed by atoms with Crippen LogP contribution in [0.3, 0.4) is 0 Å². The van der Waals surface area contributed by atoms with Gasteiger partial charge in [-0.15, -0.1) is 0 Å². The molecule has 1 saturated heterocycles. The minimum absolute atomic E-state index is 0.0243. The third kappa shape index (κ3) is 6.47. The van der Waals surface area contributed by atoms with Gasteiger partial charge in [0.1, 0.15) is 16.7 Å². The van der Waals surface area contributed by atoms with Crippen LogP contribution in [0.2, 0.25) is 0 Å². The Kier molecular flexibility index (Phi) is 8.86. The van der Waals surface area contributed by atoms with E-state index in [1.54, 1.807) is 41.3 Å². The fourth-order valence-corrected chi connectivity index (χ4v) is 4.82. The van der Waals surface area contributed by atoms with Crippen molar-refractivity contribution in [2.75, 3.05) is 12.4 Å². The molecule has 2 atom stereocenters. The molecule has 2 amide bonds. The molecule has 7 nitrogen and oxygen atoms in total. The lowest BCUT2D eigenvalue weighted by atomic mass is 10.1. The third-order valence-corrected chi connectivity index (χ3v) is 6.30. The zero-order chi connectivity index (χ0) is 24.7. The number of nitrogens with zero attached hydrogens (tertiary/aromatic N) is 2. The van der Waals surface area contributed by atoms with Gasteiger partial charge in [0.05, 0.1) is 18.5 Å². The lowest BCUT2D eigenvalue weighted by molar-refractivity contribution is -0.129. The first kappa shape index (κ1) is 25.5. The van der Waals surface area contributed by atoms with Crippen molar-refractivity contribution in [3.05, 3.63) is 48.5 Å². The van der Waals surface area contributed by atoms with Crippen molar-refractivity contribution >= 4 is 40.1 Å². The topological polar surface area (TPSA) is 80.2 Å². The van der Waals surface area contributed by atoms with Crippen LogP contribution in [0.1, 0.15) is 33.1 Å². The third-order valence-electron chi connectivity index (χ3n) is 5.15. The van der Waals surface area contributed by atoms with E-state index in [1.165, 1.54) is 31.0 Å². The summed E-state index contributed by atoms with van der Waals surface area (Å²) in [4.78, 5) is 32.1. The van der Waals surface area contributed by atoms with Gasteiger partial charge in [-0.1, -0.05) is 37.2 Å². The van der Waals surface area contributed by atoms with E-state index >= 15 is 0 Å². The molecule has 182 valence electrons. The maximum Gasteiger partial charge on any atom is 0.387 e. The number of benzene rings is 2. The van der Waals surface area contributed by atoms with E-state index < -0.39 is 11.9 Å². The van der Waals surface area contributed by atoms with E-state index in [4.69, 9.17) is 4.74 Å². The summed E-state index contributed by atoms with van der Waals surface area (Å²) < 4.78 is 34.4. The van der Waals surface area contributed by atoms with Gasteiger partial charge < -0.3 is 14.8 Å².